The molecule has 1 saturated carbocycles. The normalized spacial score (nSPS) is 34.3. The van der Waals surface area contributed by atoms with Gasteiger partial charge in [-0.1, -0.05) is 27.7 Å². The highest BCUT2D eigenvalue weighted by Gasteiger charge is 2.40. The number of rotatable bonds is 4. The zero-order chi connectivity index (χ0) is 11.8. The molecule has 1 N–H and O–H groups in total. The van der Waals surface area contributed by atoms with Crippen LogP contribution in [0, 0.1) is 11.3 Å². The molecule has 2 unspecified atom stereocenters. The molecule has 0 bridgehead atoms. The topological polar surface area (TPSA) is 15.3 Å². The monoisotopic (exact) mass is 224 g/mol. The summed E-state index contributed by atoms with van der Waals surface area (Å²) in [5.41, 5.74) is 0.561. The molecule has 0 spiro atoms. The molecule has 1 aliphatic heterocycles. The van der Waals surface area contributed by atoms with Gasteiger partial charge in [-0.2, -0.15) is 0 Å². The van der Waals surface area contributed by atoms with E-state index in [1.165, 1.54) is 38.9 Å². The van der Waals surface area contributed by atoms with E-state index in [1.807, 2.05) is 0 Å². The van der Waals surface area contributed by atoms with Crippen LogP contribution in [0.2, 0.25) is 0 Å². The van der Waals surface area contributed by atoms with E-state index in [0.717, 1.165) is 12.0 Å². The van der Waals surface area contributed by atoms with Crippen molar-refractivity contribution in [2.75, 3.05) is 19.6 Å². The molecule has 0 aromatic heterocycles. The molecule has 2 atom stereocenters. The van der Waals surface area contributed by atoms with Crippen molar-refractivity contribution in [3.63, 3.8) is 0 Å². The fourth-order valence-electron chi connectivity index (χ4n) is 3.09. The first-order chi connectivity index (χ1) is 7.48. The van der Waals surface area contributed by atoms with Crippen LogP contribution in [0.3, 0.4) is 0 Å². The molecule has 94 valence electrons. The maximum absolute atomic E-state index is 3.59. The smallest absolute Gasteiger partial charge is 0.0136 e. The summed E-state index contributed by atoms with van der Waals surface area (Å²) in [5.74, 6) is 0.913. The molecule has 2 heteroatoms. The Hall–Kier alpha value is -0.0800. The molecule has 2 aliphatic rings. The van der Waals surface area contributed by atoms with Crippen LogP contribution in [0.1, 0.15) is 47.0 Å². The summed E-state index contributed by atoms with van der Waals surface area (Å²) in [6.07, 6.45) is 4.25. The Kier molecular flexibility index (Phi) is 3.60. The van der Waals surface area contributed by atoms with Gasteiger partial charge in [0, 0.05) is 18.6 Å². The van der Waals surface area contributed by atoms with E-state index in [2.05, 4.69) is 37.9 Å². The average Bonchev–Trinajstić information content (AvgIpc) is 2.43. The lowest BCUT2D eigenvalue weighted by Gasteiger charge is -2.43. The first-order valence-electron chi connectivity index (χ1n) is 6.95. The van der Waals surface area contributed by atoms with Crippen molar-refractivity contribution in [1.29, 1.82) is 0 Å². The second kappa shape index (κ2) is 4.66. The molecule has 1 heterocycles. The fraction of sp³-hybridized carbons (Fsp3) is 1.00. The highest BCUT2D eigenvalue weighted by atomic mass is 15.2. The fourth-order valence-corrected chi connectivity index (χ4v) is 3.09. The molecular weight excluding hydrogens is 196 g/mol. The predicted molar refractivity (Wildman–Crippen MR) is 69.6 cm³/mol. The van der Waals surface area contributed by atoms with E-state index in [-0.39, 0.29) is 0 Å². The Labute approximate surface area is 101 Å². The Morgan fingerprint density at radius 3 is 2.50 bits per heavy atom. The Morgan fingerprint density at radius 2 is 2.06 bits per heavy atom. The van der Waals surface area contributed by atoms with E-state index in [9.17, 15) is 0 Å². The van der Waals surface area contributed by atoms with Gasteiger partial charge in [0.25, 0.3) is 0 Å². The van der Waals surface area contributed by atoms with Crippen molar-refractivity contribution < 1.29 is 0 Å². The summed E-state index contributed by atoms with van der Waals surface area (Å²) in [6, 6.07) is 1.52. The van der Waals surface area contributed by atoms with Gasteiger partial charge in [0.15, 0.2) is 0 Å². The Bertz CT molecular complexity index is 235. The van der Waals surface area contributed by atoms with Gasteiger partial charge < -0.3 is 5.32 Å². The van der Waals surface area contributed by atoms with Crippen molar-refractivity contribution in [3.05, 3.63) is 0 Å². The molecule has 1 aliphatic carbocycles. The third kappa shape index (κ3) is 2.78. The standard InChI is InChI=1S/C14H28N2/c1-11(2)15-9-12-5-6-13(12)16-8-7-14(3,4)10-16/h11-13,15H,5-10H2,1-4H3. The zero-order valence-electron chi connectivity index (χ0n) is 11.4. The molecule has 16 heavy (non-hydrogen) atoms. The van der Waals surface area contributed by atoms with Gasteiger partial charge in [0.1, 0.15) is 0 Å². The molecule has 2 fully saturated rings. The summed E-state index contributed by atoms with van der Waals surface area (Å²) in [6.45, 7) is 13.2. The average molecular weight is 224 g/mol. The van der Waals surface area contributed by atoms with Crippen molar-refractivity contribution >= 4 is 0 Å². The molecule has 0 radical (unpaired) electrons. The minimum Gasteiger partial charge on any atom is -0.314 e. The highest BCUT2D eigenvalue weighted by molar-refractivity contribution is 4.95. The lowest BCUT2D eigenvalue weighted by molar-refractivity contribution is 0.0730. The van der Waals surface area contributed by atoms with E-state index in [0.29, 0.717) is 11.5 Å². The molecule has 0 amide bonds. The van der Waals surface area contributed by atoms with Gasteiger partial charge in [0.05, 0.1) is 0 Å². The van der Waals surface area contributed by atoms with E-state index >= 15 is 0 Å². The number of hydrogen-bond acceptors (Lipinski definition) is 2. The molecule has 0 aromatic rings. The van der Waals surface area contributed by atoms with Gasteiger partial charge >= 0.3 is 0 Å². The van der Waals surface area contributed by atoms with Gasteiger partial charge in [-0.05, 0) is 43.7 Å². The number of likely N-dealkylation sites (tertiary alicyclic amines) is 1. The lowest BCUT2D eigenvalue weighted by Crippen LogP contribution is -2.50. The van der Waals surface area contributed by atoms with E-state index < -0.39 is 0 Å². The van der Waals surface area contributed by atoms with Gasteiger partial charge in [-0.25, -0.2) is 0 Å². The number of nitrogens with one attached hydrogen (secondary N) is 1. The largest absolute Gasteiger partial charge is 0.314 e. The first kappa shape index (κ1) is 12.4. The minimum atomic E-state index is 0.561. The predicted octanol–water partition coefficient (Wildman–Crippen LogP) is 2.49. The summed E-state index contributed by atoms with van der Waals surface area (Å²) < 4.78 is 0. The maximum atomic E-state index is 3.59. The third-order valence-corrected chi connectivity index (χ3v) is 4.34. The highest BCUT2D eigenvalue weighted by Crippen LogP contribution is 2.38. The van der Waals surface area contributed by atoms with Crippen molar-refractivity contribution in [1.82, 2.24) is 10.2 Å². The van der Waals surface area contributed by atoms with E-state index in [4.69, 9.17) is 0 Å². The summed E-state index contributed by atoms with van der Waals surface area (Å²) in [7, 11) is 0. The summed E-state index contributed by atoms with van der Waals surface area (Å²) in [4.78, 5) is 2.75. The van der Waals surface area contributed by atoms with Gasteiger partial charge in [0.2, 0.25) is 0 Å². The van der Waals surface area contributed by atoms with Gasteiger partial charge in [-0.15, -0.1) is 0 Å². The minimum absolute atomic E-state index is 0.561. The van der Waals surface area contributed by atoms with Crippen LogP contribution in [-0.4, -0.2) is 36.6 Å². The second-order valence-electron chi connectivity index (χ2n) is 6.85. The van der Waals surface area contributed by atoms with Crippen molar-refractivity contribution in [3.8, 4) is 0 Å². The SMILES string of the molecule is CC(C)NCC1CCC1N1CCC(C)(C)C1. The summed E-state index contributed by atoms with van der Waals surface area (Å²) in [5, 5.41) is 3.59. The van der Waals surface area contributed by atoms with E-state index in [1.54, 1.807) is 0 Å². The quantitative estimate of drug-likeness (QED) is 0.789. The molecular formula is C14H28N2. The molecule has 2 rings (SSSR count). The van der Waals surface area contributed by atoms with Crippen LogP contribution in [-0.2, 0) is 0 Å². The van der Waals surface area contributed by atoms with Crippen molar-refractivity contribution in [2.24, 2.45) is 11.3 Å². The Balaban J connectivity index is 1.78. The molecule has 2 nitrogen and oxygen atoms in total. The molecule has 0 aromatic carbocycles. The summed E-state index contributed by atoms with van der Waals surface area (Å²) >= 11 is 0. The third-order valence-electron chi connectivity index (χ3n) is 4.34. The maximum Gasteiger partial charge on any atom is 0.0136 e. The number of hydrogen-bond donors (Lipinski definition) is 1. The van der Waals surface area contributed by atoms with Gasteiger partial charge in [-0.3, -0.25) is 4.90 Å². The second-order valence-corrected chi connectivity index (χ2v) is 6.85. The van der Waals surface area contributed by atoms with Crippen LogP contribution in [0.25, 0.3) is 0 Å². The number of nitrogens with zero attached hydrogens (tertiary/aromatic N) is 1. The van der Waals surface area contributed by atoms with Crippen LogP contribution >= 0.6 is 0 Å². The van der Waals surface area contributed by atoms with Crippen LogP contribution in [0.15, 0.2) is 0 Å². The van der Waals surface area contributed by atoms with Crippen molar-refractivity contribution in [2.45, 2.75) is 59.0 Å². The van der Waals surface area contributed by atoms with Crippen LogP contribution in [0.5, 0.6) is 0 Å². The Morgan fingerprint density at radius 1 is 1.31 bits per heavy atom. The van der Waals surface area contributed by atoms with Crippen LogP contribution < -0.4 is 5.32 Å². The molecule has 1 saturated heterocycles. The zero-order valence-corrected chi connectivity index (χ0v) is 11.4. The lowest BCUT2D eigenvalue weighted by atomic mass is 9.78. The first-order valence-corrected chi connectivity index (χ1v) is 6.95. The van der Waals surface area contributed by atoms with Crippen LogP contribution in [0.4, 0.5) is 0 Å².